The van der Waals surface area contributed by atoms with E-state index in [4.69, 9.17) is 5.11 Å². The average molecular weight is 158 g/mol. The average Bonchev–Trinajstić information content (AvgIpc) is 2.30. The molecule has 1 atom stereocenters. The van der Waals surface area contributed by atoms with E-state index in [1.54, 1.807) is 20.2 Å². The maximum absolute atomic E-state index is 12.0. The molecule has 1 N–H and O–H groups in total. The smallest absolute Gasteiger partial charge is 0.124 e. The van der Waals surface area contributed by atoms with Crippen molar-refractivity contribution >= 4 is 0 Å². The highest BCUT2D eigenvalue weighted by molar-refractivity contribution is 5.17. The minimum Gasteiger partial charge on any atom is -0.384 e. The minimum absolute atomic E-state index is 0.549. The fourth-order valence-corrected chi connectivity index (χ4v) is 1.11. The number of halogens is 1. The number of aromatic nitrogens is 2. The standard InChI is InChI=1S/C7H11FN2O/c1-5-4-9-10(2)7(5)6(11)3-8/h4,6,11H,3H2,1-2H3. The van der Waals surface area contributed by atoms with E-state index in [1.807, 2.05) is 0 Å². The number of hydrogen-bond acceptors (Lipinski definition) is 2. The number of aliphatic hydroxyl groups excluding tert-OH is 1. The third-order valence-electron chi connectivity index (χ3n) is 1.64. The molecule has 4 heteroatoms. The van der Waals surface area contributed by atoms with Gasteiger partial charge < -0.3 is 5.11 Å². The van der Waals surface area contributed by atoms with Crippen LogP contribution in [0.5, 0.6) is 0 Å². The molecule has 0 bridgehead atoms. The molecule has 1 aromatic heterocycles. The predicted molar refractivity (Wildman–Crippen MR) is 38.9 cm³/mol. The van der Waals surface area contributed by atoms with E-state index in [0.717, 1.165) is 5.56 Å². The molecule has 62 valence electrons. The summed E-state index contributed by atoms with van der Waals surface area (Å²) in [6.45, 7) is 1.03. The van der Waals surface area contributed by atoms with Crippen molar-refractivity contribution < 1.29 is 9.50 Å². The molecule has 0 aliphatic heterocycles. The summed E-state index contributed by atoms with van der Waals surface area (Å²) >= 11 is 0. The molecule has 0 aliphatic carbocycles. The lowest BCUT2D eigenvalue weighted by Crippen LogP contribution is -2.07. The van der Waals surface area contributed by atoms with E-state index in [1.165, 1.54) is 4.68 Å². The molecular weight excluding hydrogens is 147 g/mol. The summed E-state index contributed by atoms with van der Waals surface area (Å²) in [5.74, 6) is 0. The van der Waals surface area contributed by atoms with Crippen LogP contribution >= 0.6 is 0 Å². The Morgan fingerprint density at radius 3 is 2.82 bits per heavy atom. The van der Waals surface area contributed by atoms with Crippen molar-refractivity contribution in [1.82, 2.24) is 9.78 Å². The predicted octanol–water partition coefficient (Wildman–Crippen LogP) is 0.731. The summed E-state index contributed by atoms with van der Waals surface area (Å²) in [6, 6.07) is 0. The van der Waals surface area contributed by atoms with Gasteiger partial charge in [-0.2, -0.15) is 5.10 Å². The second-order valence-corrected chi connectivity index (χ2v) is 2.51. The van der Waals surface area contributed by atoms with E-state index < -0.39 is 12.8 Å². The second-order valence-electron chi connectivity index (χ2n) is 2.51. The van der Waals surface area contributed by atoms with Crippen molar-refractivity contribution in [2.75, 3.05) is 6.67 Å². The van der Waals surface area contributed by atoms with Crippen LogP contribution in [0, 0.1) is 6.92 Å². The third kappa shape index (κ3) is 1.40. The number of nitrogens with zero attached hydrogens (tertiary/aromatic N) is 2. The second kappa shape index (κ2) is 3.00. The van der Waals surface area contributed by atoms with Gasteiger partial charge in [-0.1, -0.05) is 0 Å². The van der Waals surface area contributed by atoms with Gasteiger partial charge in [-0.25, -0.2) is 4.39 Å². The van der Waals surface area contributed by atoms with Crippen LogP contribution in [0.25, 0.3) is 0 Å². The number of rotatable bonds is 2. The normalized spacial score (nSPS) is 13.5. The highest BCUT2D eigenvalue weighted by atomic mass is 19.1. The first kappa shape index (κ1) is 8.20. The number of aryl methyl sites for hydroxylation is 2. The molecular formula is C7H11FN2O. The maximum atomic E-state index is 12.0. The van der Waals surface area contributed by atoms with E-state index in [-0.39, 0.29) is 0 Å². The molecule has 1 unspecified atom stereocenters. The van der Waals surface area contributed by atoms with Crippen molar-refractivity contribution in [2.45, 2.75) is 13.0 Å². The summed E-state index contributed by atoms with van der Waals surface area (Å²) in [4.78, 5) is 0. The van der Waals surface area contributed by atoms with Crippen molar-refractivity contribution in [1.29, 1.82) is 0 Å². The summed E-state index contributed by atoms with van der Waals surface area (Å²) in [6.07, 6.45) is 0.566. The van der Waals surface area contributed by atoms with E-state index >= 15 is 0 Å². The third-order valence-corrected chi connectivity index (χ3v) is 1.64. The van der Waals surface area contributed by atoms with Crippen LogP contribution in [0.3, 0.4) is 0 Å². The maximum Gasteiger partial charge on any atom is 0.124 e. The fourth-order valence-electron chi connectivity index (χ4n) is 1.11. The Bertz CT molecular complexity index is 227. The number of hydrogen-bond donors (Lipinski definition) is 1. The van der Waals surface area contributed by atoms with Gasteiger partial charge in [-0.05, 0) is 12.5 Å². The lowest BCUT2D eigenvalue weighted by atomic mass is 10.2. The molecule has 0 fully saturated rings. The molecule has 0 saturated heterocycles. The van der Waals surface area contributed by atoms with E-state index in [2.05, 4.69) is 5.10 Å². The number of alkyl halides is 1. The van der Waals surface area contributed by atoms with Crippen LogP contribution in [-0.2, 0) is 7.05 Å². The monoisotopic (exact) mass is 158 g/mol. The van der Waals surface area contributed by atoms with Gasteiger partial charge in [0.25, 0.3) is 0 Å². The quantitative estimate of drug-likeness (QED) is 0.689. The van der Waals surface area contributed by atoms with E-state index in [0.29, 0.717) is 5.69 Å². The molecule has 0 saturated carbocycles. The Labute approximate surface area is 64.5 Å². The molecule has 1 rings (SSSR count). The minimum atomic E-state index is -1.04. The van der Waals surface area contributed by atoms with Gasteiger partial charge in [0.15, 0.2) is 0 Å². The van der Waals surface area contributed by atoms with Crippen molar-refractivity contribution in [3.8, 4) is 0 Å². The molecule has 1 heterocycles. The first-order valence-corrected chi connectivity index (χ1v) is 3.39. The SMILES string of the molecule is Cc1cnn(C)c1C(O)CF. The first-order valence-electron chi connectivity index (χ1n) is 3.39. The van der Waals surface area contributed by atoms with Crippen LogP contribution in [0.2, 0.25) is 0 Å². The van der Waals surface area contributed by atoms with Gasteiger partial charge >= 0.3 is 0 Å². The Hall–Kier alpha value is -0.900. The molecule has 0 amide bonds. The zero-order valence-electron chi connectivity index (χ0n) is 6.58. The lowest BCUT2D eigenvalue weighted by Gasteiger charge is -2.07. The van der Waals surface area contributed by atoms with Gasteiger partial charge in [0, 0.05) is 7.05 Å². The van der Waals surface area contributed by atoms with Gasteiger partial charge in [-0.3, -0.25) is 4.68 Å². The van der Waals surface area contributed by atoms with Crippen molar-refractivity contribution in [3.63, 3.8) is 0 Å². The molecule has 0 aromatic carbocycles. The van der Waals surface area contributed by atoms with Gasteiger partial charge in [0.1, 0.15) is 12.8 Å². The van der Waals surface area contributed by atoms with Crippen LogP contribution < -0.4 is 0 Å². The van der Waals surface area contributed by atoms with Crippen molar-refractivity contribution in [3.05, 3.63) is 17.5 Å². The van der Waals surface area contributed by atoms with Crippen LogP contribution in [0.1, 0.15) is 17.4 Å². The molecule has 0 radical (unpaired) electrons. The van der Waals surface area contributed by atoms with Gasteiger partial charge in [0.05, 0.1) is 11.9 Å². The molecule has 0 spiro atoms. The number of aliphatic hydroxyl groups is 1. The van der Waals surface area contributed by atoms with Gasteiger partial charge in [0.2, 0.25) is 0 Å². The Balaban J connectivity index is 3.00. The Morgan fingerprint density at radius 1 is 1.82 bits per heavy atom. The first-order chi connectivity index (χ1) is 5.16. The van der Waals surface area contributed by atoms with Crippen LogP contribution in [0.15, 0.2) is 6.20 Å². The summed E-state index contributed by atoms with van der Waals surface area (Å²) < 4.78 is 13.5. The summed E-state index contributed by atoms with van der Waals surface area (Å²) in [7, 11) is 1.68. The summed E-state index contributed by atoms with van der Waals surface area (Å²) in [5.41, 5.74) is 1.37. The van der Waals surface area contributed by atoms with Crippen molar-refractivity contribution in [2.24, 2.45) is 7.05 Å². The van der Waals surface area contributed by atoms with Crippen LogP contribution in [0.4, 0.5) is 4.39 Å². The Morgan fingerprint density at radius 2 is 2.45 bits per heavy atom. The van der Waals surface area contributed by atoms with Crippen LogP contribution in [-0.4, -0.2) is 21.6 Å². The highest BCUT2D eigenvalue weighted by Gasteiger charge is 2.13. The fraction of sp³-hybridized carbons (Fsp3) is 0.571. The lowest BCUT2D eigenvalue weighted by molar-refractivity contribution is 0.132. The molecule has 11 heavy (non-hydrogen) atoms. The topological polar surface area (TPSA) is 38.0 Å². The van der Waals surface area contributed by atoms with Gasteiger partial charge in [-0.15, -0.1) is 0 Å². The highest BCUT2D eigenvalue weighted by Crippen LogP contribution is 2.15. The summed E-state index contributed by atoms with van der Waals surface area (Å²) in [5, 5.41) is 13.0. The molecule has 3 nitrogen and oxygen atoms in total. The molecule has 1 aromatic rings. The Kier molecular flexibility index (Phi) is 2.24. The zero-order chi connectivity index (χ0) is 8.43. The molecule has 0 aliphatic rings. The van der Waals surface area contributed by atoms with E-state index in [9.17, 15) is 4.39 Å². The largest absolute Gasteiger partial charge is 0.384 e. The zero-order valence-corrected chi connectivity index (χ0v) is 6.58.